The van der Waals surface area contributed by atoms with Crippen LogP contribution in [0, 0.1) is 13.8 Å². The fourth-order valence-electron chi connectivity index (χ4n) is 1.91. The van der Waals surface area contributed by atoms with Gasteiger partial charge >= 0.3 is 0 Å². The maximum absolute atomic E-state index is 6.22. The van der Waals surface area contributed by atoms with Gasteiger partial charge in [-0.25, -0.2) is 0 Å². The third-order valence-corrected chi connectivity index (χ3v) is 4.59. The number of hydrogen-bond acceptors (Lipinski definition) is 2. The highest BCUT2D eigenvalue weighted by Crippen LogP contribution is 2.20. The second kappa shape index (κ2) is 7.73. The first-order valence-electron chi connectivity index (χ1n) is 6.38. The highest BCUT2D eigenvalue weighted by atomic mass is 79.9. The van der Waals surface area contributed by atoms with Gasteiger partial charge in [-0.3, -0.25) is 0 Å². The van der Waals surface area contributed by atoms with Gasteiger partial charge in [0.25, 0.3) is 0 Å². The summed E-state index contributed by atoms with van der Waals surface area (Å²) < 4.78 is 1.98. The predicted octanol–water partition coefficient (Wildman–Crippen LogP) is 6.41. The summed E-state index contributed by atoms with van der Waals surface area (Å²) in [7, 11) is 0. The second-order valence-corrected chi connectivity index (χ2v) is 7.25. The van der Waals surface area contributed by atoms with E-state index in [1.807, 2.05) is 50.2 Å². The summed E-state index contributed by atoms with van der Waals surface area (Å²) in [5.41, 5.74) is 3.67. The molecule has 0 heterocycles. The maximum Gasteiger partial charge on any atom is 0.159 e. The first-order valence-corrected chi connectivity index (χ1v) is 8.72. The molecule has 0 aromatic heterocycles. The number of aryl methyl sites for hydroxylation is 2. The van der Waals surface area contributed by atoms with Gasteiger partial charge in [-0.15, -0.1) is 10.2 Å². The SMILES string of the molecule is Cc1cc(Br)ccc1/C(Cl)=N/N=C(\Cl)c1ccc(Br)cc1C. The van der Waals surface area contributed by atoms with Gasteiger partial charge in [-0.2, -0.15) is 0 Å². The molecule has 0 radical (unpaired) electrons. The average molecular weight is 463 g/mol. The van der Waals surface area contributed by atoms with Crippen molar-refractivity contribution in [3.63, 3.8) is 0 Å². The molecule has 2 nitrogen and oxygen atoms in total. The van der Waals surface area contributed by atoms with Gasteiger partial charge in [-0.05, 0) is 49.2 Å². The predicted molar refractivity (Wildman–Crippen MR) is 103 cm³/mol. The normalized spacial score (nSPS) is 12.6. The molecule has 0 saturated carbocycles. The molecular weight excluding hydrogens is 451 g/mol. The van der Waals surface area contributed by atoms with Crippen molar-refractivity contribution < 1.29 is 0 Å². The van der Waals surface area contributed by atoms with E-state index in [9.17, 15) is 0 Å². The zero-order valence-electron chi connectivity index (χ0n) is 11.9. The summed E-state index contributed by atoms with van der Waals surface area (Å²) in [6.07, 6.45) is 0. The lowest BCUT2D eigenvalue weighted by molar-refractivity contribution is 1.24. The Hall–Kier alpha value is -0.680. The van der Waals surface area contributed by atoms with Gasteiger partial charge in [-0.1, -0.05) is 67.2 Å². The fraction of sp³-hybridized carbons (Fsp3) is 0.125. The van der Waals surface area contributed by atoms with E-state index in [-0.39, 0.29) is 0 Å². The number of rotatable bonds is 3. The minimum atomic E-state index is 0.304. The monoisotopic (exact) mass is 460 g/mol. The summed E-state index contributed by atoms with van der Waals surface area (Å²) in [5.74, 6) is 0. The molecule has 0 unspecified atom stereocenters. The number of nitrogens with zero attached hydrogens (tertiary/aromatic N) is 2. The van der Waals surface area contributed by atoms with E-state index in [0.29, 0.717) is 10.3 Å². The van der Waals surface area contributed by atoms with E-state index >= 15 is 0 Å². The molecule has 114 valence electrons. The Kier molecular flexibility index (Phi) is 6.21. The molecule has 0 amide bonds. The van der Waals surface area contributed by atoms with Crippen molar-refractivity contribution in [2.75, 3.05) is 0 Å². The van der Waals surface area contributed by atoms with Crippen LogP contribution >= 0.6 is 55.1 Å². The van der Waals surface area contributed by atoms with Crippen molar-refractivity contribution in [2.24, 2.45) is 10.2 Å². The van der Waals surface area contributed by atoms with Crippen LogP contribution in [0.15, 0.2) is 55.5 Å². The Balaban J connectivity index is 2.32. The molecule has 0 saturated heterocycles. The van der Waals surface area contributed by atoms with E-state index in [4.69, 9.17) is 23.2 Å². The van der Waals surface area contributed by atoms with Gasteiger partial charge < -0.3 is 0 Å². The number of benzene rings is 2. The van der Waals surface area contributed by atoms with E-state index in [0.717, 1.165) is 31.2 Å². The molecule has 0 bridgehead atoms. The minimum Gasteiger partial charge on any atom is -0.136 e. The standard InChI is InChI=1S/C16H12Br2Cl2N2/c1-9-7-11(17)3-5-13(9)15(19)21-22-16(20)14-6-4-12(18)8-10(14)2/h3-8H,1-2H3/b21-15-,22-16-. The molecule has 2 aromatic rings. The Morgan fingerprint density at radius 3 is 1.45 bits per heavy atom. The molecule has 0 aliphatic heterocycles. The topological polar surface area (TPSA) is 24.7 Å². The van der Waals surface area contributed by atoms with Crippen molar-refractivity contribution in [1.29, 1.82) is 0 Å². The van der Waals surface area contributed by atoms with Crippen LogP contribution in [0.25, 0.3) is 0 Å². The largest absolute Gasteiger partial charge is 0.159 e. The first kappa shape index (κ1) is 17.7. The van der Waals surface area contributed by atoms with Crippen LogP contribution in [0.5, 0.6) is 0 Å². The second-order valence-electron chi connectivity index (χ2n) is 4.70. The molecule has 2 rings (SSSR count). The maximum atomic E-state index is 6.22. The highest BCUT2D eigenvalue weighted by molar-refractivity contribution is 9.10. The van der Waals surface area contributed by atoms with Crippen LogP contribution in [0.3, 0.4) is 0 Å². The summed E-state index contributed by atoms with van der Waals surface area (Å²) in [5, 5.41) is 8.68. The van der Waals surface area contributed by atoms with Crippen molar-refractivity contribution >= 4 is 65.4 Å². The molecule has 22 heavy (non-hydrogen) atoms. The number of halogens is 4. The first-order chi connectivity index (χ1) is 10.4. The Labute approximate surface area is 156 Å². The summed E-state index contributed by atoms with van der Waals surface area (Å²) in [4.78, 5) is 0. The van der Waals surface area contributed by atoms with E-state index in [2.05, 4.69) is 42.1 Å². The van der Waals surface area contributed by atoms with E-state index < -0.39 is 0 Å². The third kappa shape index (κ3) is 4.42. The molecule has 2 aromatic carbocycles. The van der Waals surface area contributed by atoms with Gasteiger partial charge in [0.15, 0.2) is 10.3 Å². The van der Waals surface area contributed by atoms with Crippen LogP contribution in [-0.4, -0.2) is 10.3 Å². The Bertz CT molecular complexity index is 705. The Morgan fingerprint density at radius 2 is 1.14 bits per heavy atom. The lowest BCUT2D eigenvalue weighted by Crippen LogP contribution is -1.97. The van der Waals surface area contributed by atoms with Crippen LogP contribution in [0.2, 0.25) is 0 Å². The van der Waals surface area contributed by atoms with Gasteiger partial charge in [0.2, 0.25) is 0 Å². The van der Waals surface area contributed by atoms with Gasteiger partial charge in [0, 0.05) is 20.1 Å². The average Bonchev–Trinajstić information content (AvgIpc) is 2.44. The molecule has 0 fully saturated rings. The third-order valence-electron chi connectivity index (χ3n) is 3.05. The lowest BCUT2D eigenvalue weighted by atomic mass is 10.1. The van der Waals surface area contributed by atoms with Crippen molar-refractivity contribution in [3.05, 3.63) is 67.6 Å². The lowest BCUT2D eigenvalue weighted by Gasteiger charge is -2.04. The van der Waals surface area contributed by atoms with Crippen molar-refractivity contribution in [3.8, 4) is 0 Å². The van der Waals surface area contributed by atoms with Gasteiger partial charge in [0.1, 0.15) is 0 Å². The molecule has 0 atom stereocenters. The van der Waals surface area contributed by atoms with Crippen molar-refractivity contribution in [2.45, 2.75) is 13.8 Å². The summed E-state index contributed by atoms with van der Waals surface area (Å²) >= 11 is 19.3. The van der Waals surface area contributed by atoms with Crippen LogP contribution in [-0.2, 0) is 0 Å². The molecule has 0 N–H and O–H groups in total. The molecule has 6 heteroatoms. The zero-order valence-corrected chi connectivity index (χ0v) is 16.6. The van der Waals surface area contributed by atoms with Crippen LogP contribution < -0.4 is 0 Å². The zero-order chi connectivity index (χ0) is 16.3. The molecule has 0 spiro atoms. The summed E-state index contributed by atoms with van der Waals surface area (Å²) in [6, 6.07) is 11.5. The summed E-state index contributed by atoms with van der Waals surface area (Å²) in [6.45, 7) is 3.92. The fourth-order valence-corrected chi connectivity index (χ4v) is 3.36. The number of hydrogen-bond donors (Lipinski definition) is 0. The Morgan fingerprint density at radius 1 is 0.773 bits per heavy atom. The van der Waals surface area contributed by atoms with Crippen molar-refractivity contribution in [1.82, 2.24) is 0 Å². The molecule has 0 aliphatic carbocycles. The smallest absolute Gasteiger partial charge is 0.136 e. The highest BCUT2D eigenvalue weighted by Gasteiger charge is 2.07. The van der Waals surface area contributed by atoms with Gasteiger partial charge in [0.05, 0.1) is 0 Å². The molecule has 0 aliphatic rings. The van der Waals surface area contributed by atoms with E-state index in [1.165, 1.54) is 0 Å². The minimum absolute atomic E-state index is 0.304. The quantitative estimate of drug-likeness (QED) is 0.371. The van der Waals surface area contributed by atoms with Crippen LogP contribution in [0.1, 0.15) is 22.3 Å². The molecular formula is C16H12Br2Cl2N2. The van der Waals surface area contributed by atoms with E-state index in [1.54, 1.807) is 0 Å². The van der Waals surface area contributed by atoms with Crippen LogP contribution in [0.4, 0.5) is 0 Å².